The molecule has 0 aliphatic rings. The molecule has 94 valence electrons. The van der Waals surface area contributed by atoms with E-state index in [1.165, 1.54) is 7.11 Å². The number of rotatable bonds is 6. The number of carbonyl (C=O) groups is 1. The van der Waals surface area contributed by atoms with Gasteiger partial charge in [-0.2, -0.15) is 0 Å². The molecule has 1 aromatic rings. The summed E-state index contributed by atoms with van der Waals surface area (Å²) in [5, 5.41) is 0. The first-order valence-electron chi connectivity index (χ1n) is 5.29. The van der Waals surface area contributed by atoms with Crippen molar-refractivity contribution in [2.75, 3.05) is 33.2 Å². The molecule has 17 heavy (non-hydrogen) atoms. The van der Waals surface area contributed by atoms with Gasteiger partial charge in [-0.25, -0.2) is 4.79 Å². The maximum atomic E-state index is 11.5. The molecule has 5 heteroatoms. The molecule has 0 fully saturated rings. The Balaban J connectivity index is 2.77. The second-order valence-electron chi connectivity index (χ2n) is 3.41. The van der Waals surface area contributed by atoms with Gasteiger partial charge in [0.25, 0.3) is 0 Å². The summed E-state index contributed by atoms with van der Waals surface area (Å²) in [4.78, 5) is 11.5. The second kappa shape index (κ2) is 6.75. The largest absolute Gasteiger partial charge is 0.490 e. The van der Waals surface area contributed by atoms with Gasteiger partial charge in [0, 0.05) is 20.1 Å². The molecule has 0 saturated heterocycles. The summed E-state index contributed by atoms with van der Waals surface area (Å²) in [5.74, 6) is -0.0884. The summed E-state index contributed by atoms with van der Waals surface area (Å²) >= 11 is 0. The number of hydrogen-bond donors (Lipinski definition) is 1. The Bertz CT molecular complexity index is 379. The second-order valence-corrected chi connectivity index (χ2v) is 3.41. The molecule has 2 N–H and O–H groups in total. The monoisotopic (exact) mass is 239 g/mol. The maximum absolute atomic E-state index is 11.5. The van der Waals surface area contributed by atoms with Crippen LogP contribution in [-0.2, 0) is 9.47 Å². The average molecular weight is 239 g/mol. The summed E-state index contributed by atoms with van der Waals surface area (Å²) in [6, 6.07) is 4.98. The first kappa shape index (κ1) is 13.3. The molecule has 1 aromatic carbocycles. The number of nitrogen functional groups attached to an aromatic ring is 1. The summed E-state index contributed by atoms with van der Waals surface area (Å²) in [5.41, 5.74) is 6.52. The van der Waals surface area contributed by atoms with Crippen LogP contribution in [0.15, 0.2) is 18.2 Å². The van der Waals surface area contributed by atoms with Crippen molar-refractivity contribution in [2.45, 2.75) is 6.42 Å². The molecule has 0 amide bonds. The van der Waals surface area contributed by atoms with Gasteiger partial charge in [-0.3, -0.25) is 0 Å². The molecule has 0 atom stereocenters. The lowest BCUT2D eigenvalue weighted by molar-refractivity contribution is 0.0595. The zero-order valence-corrected chi connectivity index (χ0v) is 10.1. The highest BCUT2D eigenvalue weighted by Crippen LogP contribution is 2.27. The number of carbonyl (C=O) groups excluding carboxylic acids is 1. The van der Waals surface area contributed by atoms with E-state index in [0.29, 0.717) is 30.2 Å². The topological polar surface area (TPSA) is 70.8 Å². The van der Waals surface area contributed by atoms with Gasteiger partial charge in [0.15, 0.2) is 5.75 Å². The fourth-order valence-corrected chi connectivity index (χ4v) is 1.36. The van der Waals surface area contributed by atoms with Gasteiger partial charge in [0.05, 0.1) is 19.4 Å². The molecule has 0 aromatic heterocycles. The summed E-state index contributed by atoms with van der Waals surface area (Å²) in [6.45, 7) is 1.03. The standard InChI is InChI=1S/C12H17NO4/c1-15-7-4-8-17-11-9(12(14)16-2)5-3-6-10(11)13/h3,5-6H,4,7-8,13H2,1-2H3. The van der Waals surface area contributed by atoms with E-state index < -0.39 is 5.97 Å². The van der Waals surface area contributed by atoms with E-state index in [9.17, 15) is 4.79 Å². The van der Waals surface area contributed by atoms with Gasteiger partial charge in [0.1, 0.15) is 5.56 Å². The quantitative estimate of drug-likeness (QED) is 0.462. The van der Waals surface area contributed by atoms with Gasteiger partial charge in [0.2, 0.25) is 0 Å². The van der Waals surface area contributed by atoms with Gasteiger partial charge < -0.3 is 19.9 Å². The lowest BCUT2D eigenvalue weighted by Gasteiger charge is -2.12. The Morgan fingerprint density at radius 1 is 1.29 bits per heavy atom. The predicted molar refractivity (Wildman–Crippen MR) is 64.2 cm³/mol. The number of benzene rings is 1. The van der Waals surface area contributed by atoms with E-state index >= 15 is 0 Å². The molecule has 0 saturated carbocycles. The van der Waals surface area contributed by atoms with E-state index in [2.05, 4.69) is 4.74 Å². The van der Waals surface area contributed by atoms with Crippen molar-refractivity contribution in [3.8, 4) is 5.75 Å². The zero-order chi connectivity index (χ0) is 12.7. The van der Waals surface area contributed by atoms with E-state index in [4.69, 9.17) is 15.2 Å². The van der Waals surface area contributed by atoms with Crippen LogP contribution in [0.25, 0.3) is 0 Å². The molecule has 0 bridgehead atoms. The van der Waals surface area contributed by atoms with Gasteiger partial charge in [-0.05, 0) is 12.1 Å². The fraction of sp³-hybridized carbons (Fsp3) is 0.417. The Hall–Kier alpha value is -1.75. The zero-order valence-electron chi connectivity index (χ0n) is 10.1. The van der Waals surface area contributed by atoms with Gasteiger partial charge in [-0.15, -0.1) is 0 Å². The van der Waals surface area contributed by atoms with Crippen LogP contribution in [-0.4, -0.2) is 33.4 Å². The number of nitrogens with two attached hydrogens (primary N) is 1. The lowest BCUT2D eigenvalue weighted by Crippen LogP contribution is -2.09. The molecule has 0 heterocycles. The van der Waals surface area contributed by atoms with Gasteiger partial charge in [-0.1, -0.05) is 6.07 Å². The minimum atomic E-state index is -0.459. The number of esters is 1. The summed E-state index contributed by atoms with van der Waals surface area (Å²) in [6.07, 6.45) is 0.728. The Morgan fingerprint density at radius 3 is 2.71 bits per heavy atom. The van der Waals surface area contributed by atoms with E-state index in [0.717, 1.165) is 6.42 Å². The average Bonchev–Trinajstić information content (AvgIpc) is 2.35. The number of ether oxygens (including phenoxy) is 3. The van der Waals surface area contributed by atoms with Gasteiger partial charge >= 0.3 is 5.97 Å². The van der Waals surface area contributed by atoms with Crippen molar-refractivity contribution in [3.63, 3.8) is 0 Å². The number of anilines is 1. The summed E-state index contributed by atoms with van der Waals surface area (Å²) < 4.78 is 15.1. The highest BCUT2D eigenvalue weighted by molar-refractivity contribution is 5.94. The van der Waals surface area contributed by atoms with Crippen LogP contribution in [0.1, 0.15) is 16.8 Å². The van der Waals surface area contributed by atoms with Crippen molar-refractivity contribution in [2.24, 2.45) is 0 Å². The third-order valence-corrected chi connectivity index (χ3v) is 2.19. The Kier molecular flexibility index (Phi) is 5.29. The third-order valence-electron chi connectivity index (χ3n) is 2.19. The van der Waals surface area contributed by atoms with Crippen molar-refractivity contribution in [1.82, 2.24) is 0 Å². The molecule has 0 spiro atoms. The summed E-state index contributed by atoms with van der Waals surface area (Å²) in [7, 11) is 2.94. The maximum Gasteiger partial charge on any atom is 0.341 e. The van der Waals surface area contributed by atoms with Crippen LogP contribution in [0.3, 0.4) is 0 Å². The van der Waals surface area contributed by atoms with Crippen LogP contribution in [0.2, 0.25) is 0 Å². The third kappa shape index (κ3) is 3.64. The number of hydrogen-bond acceptors (Lipinski definition) is 5. The van der Waals surface area contributed by atoms with Crippen LogP contribution in [0, 0.1) is 0 Å². The van der Waals surface area contributed by atoms with E-state index in [1.807, 2.05) is 0 Å². The highest BCUT2D eigenvalue weighted by atomic mass is 16.5. The minimum Gasteiger partial charge on any atom is -0.490 e. The van der Waals surface area contributed by atoms with E-state index in [-0.39, 0.29) is 0 Å². The SMILES string of the molecule is COCCCOc1c(N)cccc1C(=O)OC. The van der Waals surface area contributed by atoms with E-state index in [1.54, 1.807) is 25.3 Å². The van der Waals surface area contributed by atoms with Crippen molar-refractivity contribution >= 4 is 11.7 Å². The van der Waals surface area contributed by atoms with Crippen molar-refractivity contribution in [1.29, 1.82) is 0 Å². The molecule has 1 rings (SSSR count). The molecule has 0 radical (unpaired) electrons. The number of methoxy groups -OCH3 is 2. The molecular weight excluding hydrogens is 222 g/mol. The molecule has 0 aliphatic heterocycles. The van der Waals surface area contributed by atoms with Crippen LogP contribution >= 0.6 is 0 Å². The molecule has 0 unspecified atom stereocenters. The predicted octanol–water partition coefficient (Wildman–Crippen LogP) is 1.47. The van der Waals surface area contributed by atoms with Crippen molar-refractivity contribution < 1.29 is 19.0 Å². The molecular formula is C12H17NO4. The first-order valence-corrected chi connectivity index (χ1v) is 5.29. The van der Waals surface area contributed by atoms with Crippen LogP contribution in [0.4, 0.5) is 5.69 Å². The number of para-hydroxylation sites is 1. The van der Waals surface area contributed by atoms with Crippen LogP contribution in [0.5, 0.6) is 5.75 Å². The fourth-order valence-electron chi connectivity index (χ4n) is 1.36. The minimum absolute atomic E-state index is 0.338. The first-order chi connectivity index (χ1) is 8.20. The lowest BCUT2D eigenvalue weighted by atomic mass is 10.2. The molecule has 5 nitrogen and oxygen atoms in total. The Labute approximate surface area is 100 Å². The Morgan fingerprint density at radius 2 is 2.06 bits per heavy atom. The molecule has 0 aliphatic carbocycles. The smallest absolute Gasteiger partial charge is 0.341 e. The van der Waals surface area contributed by atoms with Crippen molar-refractivity contribution in [3.05, 3.63) is 23.8 Å². The normalized spacial score (nSPS) is 10.0. The van der Waals surface area contributed by atoms with Crippen LogP contribution < -0.4 is 10.5 Å². The highest BCUT2D eigenvalue weighted by Gasteiger charge is 2.15.